The van der Waals surface area contributed by atoms with E-state index in [1.165, 1.54) is 17.8 Å². The Bertz CT molecular complexity index is 629. The summed E-state index contributed by atoms with van der Waals surface area (Å²) < 4.78 is 38.9. The second-order valence-electron chi connectivity index (χ2n) is 4.40. The molecule has 0 aliphatic heterocycles. The van der Waals surface area contributed by atoms with E-state index >= 15 is 0 Å². The molecule has 0 spiro atoms. The highest BCUT2D eigenvalue weighted by Gasteiger charge is 2.33. The van der Waals surface area contributed by atoms with Crippen molar-refractivity contribution < 1.29 is 13.2 Å². The van der Waals surface area contributed by atoms with E-state index in [4.69, 9.17) is 17.3 Å². The summed E-state index contributed by atoms with van der Waals surface area (Å²) in [6.07, 6.45) is -4.39. The molecule has 1 nitrogen and oxygen atoms in total. The van der Waals surface area contributed by atoms with E-state index in [1.807, 2.05) is 18.2 Å². The first-order valence-corrected chi connectivity index (χ1v) is 7.54. The Morgan fingerprint density at radius 1 is 1.05 bits per heavy atom. The van der Waals surface area contributed by atoms with Crippen molar-refractivity contribution in [2.75, 3.05) is 0 Å². The lowest BCUT2D eigenvalue weighted by Gasteiger charge is -2.13. The molecule has 0 saturated heterocycles. The van der Waals surface area contributed by atoms with Crippen LogP contribution in [-0.2, 0) is 18.5 Å². The summed E-state index contributed by atoms with van der Waals surface area (Å²) in [5, 5.41) is 0.611. The number of thioether (sulfide) groups is 1. The highest BCUT2D eigenvalue weighted by Crippen LogP contribution is 2.35. The van der Waals surface area contributed by atoms with Crippen LogP contribution in [0.1, 0.15) is 16.7 Å². The fraction of sp³-hybridized carbons (Fsp3) is 0.200. The molecule has 0 unspecified atom stereocenters. The third-order valence-electron chi connectivity index (χ3n) is 2.96. The topological polar surface area (TPSA) is 26.0 Å². The van der Waals surface area contributed by atoms with Gasteiger partial charge in [-0.15, -0.1) is 11.8 Å². The predicted molar refractivity (Wildman–Crippen MR) is 80.3 cm³/mol. The first-order chi connectivity index (χ1) is 9.91. The number of nitrogens with two attached hydrogens (primary N) is 1. The number of hydrogen-bond acceptors (Lipinski definition) is 2. The Kier molecular flexibility index (Phi) is 5.19. The van der Waals surface area contributed by atoms with Gasteiger partial charge < -0.3 is 5.73 Å². The van der Waals surface area contributed by atoms with Crippen LogP contribution in [0.5, 0.6) is 0 Å². The number of alkyl halides is 3. The fourth-order valence-electron chi connectivity index (χ4n) is 1.86. The van der Waals surface area contributed by atoms with Gasteiger partial charge in [0, 0.05) is 22.2 Å². The second-order valence-corrected chi connectivity index (χ2v) is 5.86. The molecule has 6 heteroatoms. The van der Waals surface area contributed by atoms with Gasteiger partial charge in [0.05, 0.1) is 5.56 Å². The molecule has 2 rings (SSSR count). The first kappa shape index (κ1) is 16.2. The van der Waals surface area contributed by atoms with Gasteiger partial charge in [-0.25, -0.2) is 0 Å². The Balaban J connectivity index is 2.20. The van der Waals surface area contributed by atoms with Crippen LogP contribution in [0.3, 0.4) is 0 Å². The van der Waals surface area contributed by atoms with Gasteiger partial charge in [-0.2, -0.15) is 13.2 Å². The fourth-order valence-corrected chi connectivity index (χ4v) is 3.08. The van der Waals surface area contributed by atoms with E-state index in [2.05, 4.69) is 0 Å². The maximum atomic E-state index is 13.0. The minimum atomic E-state index is -4.39. The van der Waals surface area contributed by atoms with Crippen molar-refractivity contribution in [2.45, 2.75) is 23.4 Å². The Morgan fingerprint density at radius 2 is 1.76 bits per heavy atom. The minimum Gasteiger partial charge on any atom is -0.326 e. The zero-order valence-electron chi connectivity index (χ0n) is 11.0. The van der Waals surface area contributed by atoms with Crippen LogP contribution in [0, 0.1) is 0 Å². The lowest BCUT2D eigenvalue weighted by atomic mass is 10.1. The summed E-state index contributed by atoms with van der Waals surface area (Å²) >= 11 is 7.34. The van der Waals surface area contributed by atoms with Gasteiger partial charge in [-0.05, 0) is 29.3 Å². The molecular formula is C15H13ClF3NS. The number of rotatable bonds is 4. The zero-order chi connectivity index (χ0) is 15.5. The average Bonchev–Trinajstić information content (AvgIpc) is 2.45. The molecule has 0 fully saturated rings. The molecule has 0 radical (unpaired) electrons. The average molecular weight is 332 g/mol. The van der Waals surface area contributed by atoms with E-state index in [1.54, 1.807) is 12.1 Å². The molecule has 2 aromatic carbocycles. The lowest BCUT2D eigenvalue weighted by Crippen LogP contribution is -2.11. The van der Waals surface area contributed by atoms with Crippen LogP contribution in [0.25, 0.3) is 0 Å². The molecule has 112 valence electrons. The Morgan fingerprint density at radius 3 is 2.38 bits per heavy atom. The van der Waals surface area contributed by atoms with Crippen molar-refractivity contribution in [3.05, 3.63) is 64.2 Å². The highest BCUT2D eigenvalue weighted by molar-refractivity contribution is 7.98. The third kappa shape index (κ3) is 4.15. The van der Waals surface area contributed by atoms with Crippen LogP contribution >= 0.6 is 23.4 Å². The van der Waals surface area contributed by atoms with Gasteiger partial charge in [0.1, 0.15) is 0 Å². The van der Waals surface area contributed by atoms with E-state index in [0.717, 1.165) is 11.6 Å². The van der Waals surface area contributed by atoms with Crippen LogP contribution < -0.4 is 5.73 Å². The highest BCUT2D eigenvalue weighted by atomic mass is 35.5. The third-order valence-corrected chi connectivity index (χ3v) is 4.37. The molecule has 21 heavy (non-hydrogen) atoms. The van der Waals surface area contributed by atoms with Crippen molar-refractivity contribution in [3.8, 4) is 0 Å². The summed E-state index contributed by atoms with van der Waals surface area (Å²) in [4.78, 5) is 0.541. The molecule has 0 amide bonds. The van der Waals surface area contributed by atoms with Gasteiger partial charge in [0.25, 0.3) is 0 Å². The van der Waals surface area contributed by atoms with Gasteiger partial charge >= 0.3 is 6.18 Å². The first-order valence-electron chi connectivity index (χ1n) is 6.18. The normalized spacial score (nSPS) is 11.7. The molecule has 2 N–H and O–H groups in total. The summed E-state index contributed by atoms with van der Waals surface area (Å²) in [6.45, 7) is -0.135. The van der Waals surface area contributed by atoms with Crippen molar-refractivity contribution in [1.82, 2.24) is 0 Å². The molecule has 0 aliphatic carbocycles. The van der Waals surface area contributed by atoms with Gasteiger partial charge in [-0.3, -0.25) is 0 Å². The zero-order valence-corrected chi connectivity index (χ0v) is 12.5. The van der Waals surface area contributed by atoms with Crippen molar-refractivity contribution in [1.29, 1.82) is 0 Å². The standard InChI is InChI=1S/C15H13ClF3NS/c16-14-4-2-1-3-11(14)9-21-12-6-5-10(8-20)13(7-12)15(17,18)19/h1-7H,8-9,20H2. The van der Waals surface area contributed by atoms with Gasteiger partial charge in [-0.1, -0.05) is 35.9 Å². The van der Waals surface area contributed by atoms with E-state index in [-0.39, 0.29) is 12.1 Å². The number of halogens is 4. The van der Waals surface area contributed by atoms with Crippen molar-refractivity contribution in [2.24, 2.45) is 5.73 Å². The minimum absolute atomic E-state index is 0.101. The maximum Gasteiger partial charge on any atom is 0.416 e. The molecule has 0 heterocycles. The summed E-state index contributed by atoms with van der Waals surface area (Å²) in [5.41, 5.74) is 5.68. The summed E-state index contributed by atoms with van der Waals surface area (Å²) in [6, 6.07) is 11.5. The lowest BCUT2D eigenvalue weighted by molar-refractivity contribution is -0.138. The smallest absolute Gasteiger partial charge is 0.326 e. The predicted octanol–water partition coefficient (Wildman–Crippen LogP) is 5.11. The molecule has 0 aromatic heterocycles. The molecule has 2 aromatic rings. The van der Waals surface area contributed by atoms with E-state index in [9.17, 15) is 13.2 Å². The van der Waals surface area contributed by atoms with Crippen LogP contribution in [0.4, 0.5) is 13.2 Å². The molecule has 0 bridgehead atoms. The molecule has 0 aliphatic rings. The van der Waals surface area contributed by atoms with E-state index in [0.29, 0.717) is 15.7 Å². The largest absolute Gasteiger partial charge is 0.416 e. The van der Waals surface area contributed by atoms with Gasteiger partial charge in [0.15, 0.2) is 0 Å². The second kappa shape index (κ2) is 6.73. The number of benzene rings is 2. The van der Waals surface area contributed by atoms with Crippen LogP contribution in [0.2, 0.25) is 5.02 Å². The molecule has 0 atom stereocenters. The summed E-state index contributed by atoms with van der Waals surface area (Å²) in [5.74, 6) is 0.513. The van der Waals surface area contributed by atoms with Crippen LogP contribution in [0.15, 0.2) is 47.4 Å². The maximum absolute atomic E-state index is 13.0. The Hall–Kier alpha value is -1.17. The van der Waals surface area contributed by atoms with E-state index < -0.39 is 11.7 Å². The molecule has 0 saturated carbocycles. The van der Waals surface area contributed by atoms with Crippen molar-refractivity contribution >= 4 is 23.4 Å². The summed E-state index contributed by atoms with van der Waals surface area (Å²) in [7, 11) is 0. The van der Waals surface area contributed by atoms with Crippen molar-refractivity contribution in [3.63, 3.8) is 0 Å². The van der Waals surface area contributed by atoms with Gasteiger partial charge in [0.2, 0.25) is 0 Å². The number of hydrogen-bond donors (Lipinski definition) is 1. The monoisotopic (exact) mass is 331 g/mol. The quantitative estimate of drug-likeness (QED) is 0.788. The SMILES string of the molecule is NCc1ccc(SCc2ccccc2Cl)cc1C(F)(F)F. The Labute approximate surface area is 130 Å². The van der Waals surface area contributed by atoms with Crippen LogP contribution in [-0.4, -0.2) is 0 Å². The molecular weight excluding hydrogens is 319 g/mol.